The molecule has 2 aliphatic rings. The fourth-order valence-electron chi connectivity index (χ4n) is 2.99. The van der Waals surface area contributed by atoms with E-state index in [1.165, 1.54) is 4.90 Å². The van der Waals surface area contributed by atoms with Crippen LogP contribution in [0.1, 0.15) is 18.4 Å². The summed E-state index contributed by atoms with van der Waals surface area (Å²) >= 11 is 6.00. The van der Waals surface area contributed by atoms with Crippen LogP contribution in [-0.2, 0) is 9.59 Å². The molecular formula is C16H17ClN2O2. The lowest BCUT2D eigenvalue weighted by atomic mass is 9.85. The fourth-order valence-corrected chi connectivity index (χ4v) is 3.24. The molecule has 0 aromatic heterocycles. The number of halogens is 1. The zero-order valence-electron chi connectivity index (χ0n) is 11.8. The quantitative estimate of drug-likeness (QED) is 0.874. The summed E-state index contributed by atoms with van der Waals surface area (Å²) in [5.74, 6) is -0.726. The summed E-state index contributed by atoms with van der Waals surface area (Å²) in [6.07, 6.45) is 2.90. The number of nitrogens with zero attached hydrogens (tertiary/aromatic N) is 1. The van der Waals surface area contributed by atoms with Crippen LogP contribution in [0.15, 0.2) is 35.4 Å². The lowest BCUT2D eigenvalue weighted by Gasteiger charge is -2.17. The Morgan fingerprint density at radius 3 is 2.71 bits per heavy atom. The van der Waals surface area contributed by atoms with Crippen LogP contribution < -0.4 is 5.32 Å². The summed E-state index contributed by atoms with van der Waals surface area (Å²) in [4.78, 5) is 26.1. The smallest absolute Gasteiger partial charge is 0.234 e. The molecule has 3 rings (SSSR count). The fraction of sp³-hybridized carbons (Fsp3) is 0.375. The maximum Gasteiger partial charge on any atom is 0.234 e. The summed E-state index contributed by atoms with van der Waals surface area (Å²) in [7, 11) is 0. The zero-order chi connectivity index (χ0) is 15.0. The standard InChI is InChI=1S/C16H17ClN2O2/c1-10-4-2-3-5-14(10)18-9-19-15(20)12-7-6-11(17)8-13(12)16(19)21/h2-6,12-13,18H,7-9H2,1H3/t12-,13+/m1/s1. The van der Waals surface area contributed by atoms with Gasteiger partial charge in [-0.2, -0.15) is 0 Å². The molecule has 1 aliphatic heterocycles. The van der Waals surface area contributed by atoms with Crippen LogP contribution in [0, 0.1) is 18.8 Å². The van der Waals surface area contributed by atoms with E-state index in [-0.39, 0.29) is 30.3 Å². The summed E-state index contributed by atoms with van der Waals surface area (Å²) in [5.41, 5.74) is 2.02. The molecule has 0 unspecified atom stereocenters. The number of carbonyl (C=O) groups is 2. The Labute approximate surface area is 128 Å². The van der Waals surface area contributed by atoms with Crippen molar-refractivity contribution >= 4 is 29.1 Å². The Morgan fingerprint density at radius 1 is 1.24 bits per heavy atom. The molecule has 0 saturated carbocycles. The highest BCUT2D eigenvalue weighted by atomic mass is 35.5. The van der Waals surface area contributed by atoms with E-state index in [0.29, 0.717) is 17.9 Å². The van der Waals surface area contributed by atoms with Crippen molar-refractivity contribution in [2.75, 3.05) is 12.0 Å². The molecule has 4 nitrogen and oxygen atoms in total. The molecule has 2 atom stereocenters. The van der Waals surface area contributed by atoms with Crippen molar-refractivity contribution in [3.8, 4) is 0 Å². The van der Waals surface area contributed by atoms with Gasteiger partial charge in [-0.05, 0) is 31.4 Å². The molecule has 1 aliphatic carbocycles. The molecule has 1 aromatic carbocycles. The lowest BCUT2D eigenvalue weighted by molar-refractivity contribution is -0.139. The molecule has 1 N–H and O–H groups in total. The number of para-hydroxylation sites is 1. The van der Waals surface area contributed by atoms with Crippen molar-refractivity contribution in [3.63, 3.8) is 0 Å². The van der Waals surface area contributed by atoms with Crippen molar-refractivity contribution in [3.05, 3.63) is 40.9 Å². The van der Waals surface area contributed by atoms with Gasteiger partial charge in [0.15, 0.2) is 0 Å². The van der Waals surface area contributed by atoms with Crippen molar-refractivity contribution in [2.24, 2.45) is 11.8 Å². The van der Waals surface area contributed by atoms with Crippen LogP contribution >= 0.6 is 11.6 Å². The van der Waals surface area contributed by atoms with E-state index in [9.17, 15) is 9.59 Å². The van der Waals surface area contributed by atoms with E-state index in [4.69, 9.17) is 11.6 Å². The Morgan fingerprint density at radius 2 is 1.95 bits per heavy atom. The van der Waals surface area contributed by atoms with E-state index in [0.717, 1.165) is 11.3 Å². The number of amides is 2. The van der Waals surface area contributed by atoms with E-state index in [2.05, 4.69) is 5.32 Å². The molecule has 0 spiro atoms. The second kappa shape index (κ2) is 5.53. The number of hydrogen-bond donors (Lipinski definition) is 1. The third-order valence-electron chi connectivity index (χ3n) is 4.23. The van der Waals surface area contributed by atoms with Crippen molar-refractivity contribution in [1.29, 1.82) is 0 Å². The van der Waals surface area contributed by atoms with Crippen molar-refractivity contribution in [2.45, 2.75) is 19.8 Å². The van der Waals surface area contributed by atoms with Crippen LogP contribution in [0.25, 0.3) is 0 Å². The lowest BCUT2D eigenvalue weighted by Crippen LogP contribution is -2.35. The normalized spacial score (nSPS) is 24.9. The molecule has 0 bridgehead atoms. The zero-order valence-corrected chi connectivity index (χ0v) is 12.6. The topological polar surface area (TPSA) is 49.4 Å². The van der Waals surface area contributed by atoms with Gasteiger partial charge in [-0.25, -0.2) is 0 Å². The largest absolute Gasteiger partial charge is 0.367 e. The number of anilines is 1. The first-order valence-electron chi connectivity index (χ1n) is 7.07. The molecule has 1 saturated heterocycles. The molecule has 110 valence electrons. The van der Waals surface area contributed by atoms with E-state index < -0.39 is 0 Å². The van der Waals surface area contributed by atoms with Crippen LogP contribution in [0.5, 0.6) is 0 Å². The first-order valence-corrected chi connectivity index (χ1v) is 7.45. The van der Waals surface area contributed by atoms with Gasteiger partial charge in [0.25, 0.3) is 0 Å². The Hall–Kier alpha value is -1.81. The maximum absolute atomic E-state index is 12.4. The monoisotopic (exact) mass is 304 g/mol. The Balaban J connectivity index is 1.71. The molecule has 2 amide bonds. The minimum absolute atomic E-state index is 0.0912. The van der Waals surface area contributed by atoms with Gasteiger partial charge >= 0.3 is 0 Å². The second-order valence-electron chi connectivity index (χ2n) is 5.56. The van der Waals surface area contributed by atoms with Gasteiger partial charge in [0.2, 0.25) is 11.8 Å². The molecule has 21 heavy (non-hydrogen) atoms. The minimum Gasteiger partial charge on any atom is -0.367 e. The number of allylic oxidation sites excluding steroid dienone is 2. The number of hydrogen-bond acceptors (Lipinski definition) is 3. The molecule has 0 radical (unpaired) electrons. The van der Waals surface area contributed by atoms with Gasteiger partial charge < -0.3 is 5.32 Å². The summed E-state index contributed by atoms with van der Waals surface area (Å²) in [6, 6.07) is 7.80. The number of nitrogens with one attached hydrogen (secondary N) is 1. The molecule has 1 aromatic rings. The number of aryl methyl sites for hydroxylation is 1. The number of benzene rings is 1. The van der Waals surface area contributed by atoms with E-state index in [1.54, 1.807) is 0 Å². The third kappa shape index (κ3) is 2.56. The summed E-state index contributed by atoms with van der Waals surface area (Å²) in [6.45, 7) is 2.20. The summed E-state index contributed by atoms with van der Waals surface area (Å²) in [5, 5.41) is 3.86. The number of carbonyl (C=O) groups excluding carboxylic acids is 2. The molecule has 5 heteroatoms. The van der Waals surface area contributed by atoms with Gasteiger partial charge in [0.1, 0.15) is 0 Å². The summed E-state index contributed by atoms with van der Waals surface area (Å²) < 4.78 is 0. The first-order chi connectivity index (χ1) is 10.1. The van der Waals surface area contributed by atoms with E-state index >= 15 is 0 Å². The number of fused-ring (bicyclic) bond motifs is 1. The average molecular weight is 305 g/mol. The van der Waals surface area contributed by atoms with Crippen LogP contribution in [-0.4, -0.2) is 23.4 Å². The van der Waals surface area contributed by atoms with E-state index in [1.807, 2.05) is 37.3 Å². The van der Waals surface area contributed by atoms with Crippen molar-refractivity contribution < 1.29 is 9.59 Å². The average Bonchev–Trinajstić information content (AvgIpc) is 2.70. The predicted octanol–water partition coefficient (Wildman–Crippen LogP) is 2.88. The van der Waals surface area contributed by atoms with Crippen molar-refractivity contribution in [1.82, 2.24) is 4.90 Å². The SMILES string of the molecule is Cc1ccccc1NCN1C(=O)[C@H]2CC(Cl)=CC[C@H]2C1=O. The van der Waals surface area contributed by atoms with Crippen LogP contribution in [0.2, 0.25) is 0 Å². The Kier molecular flexibility index (Phi) is 3.72. The Bertz CT molecular complexity index is 626. The highest BCUT2D eigenvalue weighted by Crippen LogP contribution is 2.38. The number of likely N-dealkylation sites (tertiary alicyclic amines) is 1. The maximum atomic E-state index is 12.4. The van der Waals surface area contributed by atoms with Gasteiger partial charge in [-0.1, -0.05) is 35.9 Å². The molecule has 1 heterocycles. The van der Waals surface area contributed by atoms with Gasteiger partial charge in [-0.15, -0.1) is 0 Å². The highest BCUT2D eigenvalue weighted by Gasteiger charge is 2.48. The highest BCUT2D eigenvalue weighted by molar-refractivity contribution is 6.30. The predicted molar refractivity (Wildman–Crippen MR) is 81.7 cm³/mol. The number of imide groups is 1. The van der Waals surface area contributed by atoms with Crippen LogP contribution in [0.3, 0.4) is 0 Å². The second-order valence-corrected chi connectivity index (χ2v) is 6.04. The third-order valence-corrected chi connectivity index (χ3v) is 4.54. The minimum atomic E-state index is -0.284. The molecule has 1 fully saturated rings. The molecular weight excluding hydrogens is 288 g/mol. The van der Waals surface area contributed by atoms with Gasteiger partial charge in [-0.3, -0.25) is 14.5 Å². The van der Waals surface area contributed by atoms with Gasteiger partial charge in [0.05, 0.1) is 18.5 Å². The van der Waals surface area contributed by atoms with Gasteiger partial charge in [0, 0.05) is 10.7 Å². The first kappa shape index (κ1) is 14.1. The number of rotatable bonds is 3. The van der Waals surface area contributed by atoms with Crippen LogP contribution in [0.4, 0.5) is 5.69 Å².